The fraction of sp³-hybridized carbons (Fsp3) is 0.600. The normalized spacial score (nSPS) is 14.4. The molecule has 0 heterocycles. The molecule has 4 unspecified atom stereocenters. The highest BCUT2D eigenvalue weighted by atomic mass is 32.2. The molecule has 4 atom stereocenters. The van der Waals surface area contributed by atoms with Crippen molar-refractivity contribution in [2.45, 2.75) is 63.7 Å². The number of nitrogens with two attached hydrogens (primary N) is 1. The maximum atomic E-state index is 13.3. The van der Waals surface area contributed by atoms with Gasteiger partial charge in [-0.15, -0.1) is 0 Å². The third-order valence-electron chi connectivity index (χ3n) is 5.45. The predicted molar refractivity (Wildman–Crippen MR) is 147 cm³/mol. The molecular formula is C25H40N4O5S2. The van der Waals surface area contributed by atoms with Crippen molar-refractivity contribution in [2.24, 2.45) is 11.7 Å². The van der Waals surface area contributed by atoms with Crippen LogP contribution in [-0.2, 0) is 25.6 Å². The summed E-state index contributed by atoms with van der Waals surface area (Å²) in [4.78, 5) is 50.6. The molecule has 0 aromatic heterocycles. The second-order valence-corrected chi connectivity index (χ2v) is 11.0. The maximum absolute atomic E-state index is 13.3. The summed E-state index contributed by atoms with van der Waals surface area (Å²) in [6.45, 7) is 3.92. The lowest BCUT2D eigenvalue weighted by atomic mass is 10.0. The zero-order valence-electron chi connectivity index (χ0n) is 21.5. The highest BCUT2D eigenvalue weighted by Crippen LogP contribution is 2.09. The summed E-state index contributed by atoms with van der Waals surface area (Å²) >= 11 is 2.99. The van der Waals surface area contributed by atoms with Gasteiger partial charge in [0, 0.05) is 6.42 Å². The average Bonchev–Trinajstić information content (AvgIpc) is 2.83. The molecule has 0 aliphatic rings. The van der Waals surface area contributed by atoms with Gasteiger partial charge in [-0.05, 0) is 54.8 Å². The van der Waals surface area contributed by atoms with Crippen molar-refractivity contribution in [2.75, 3.05) is 24.0 Å². The summed E-state index contributed by atoms with van der Waals surface area (Å²) in [5.74, 6) is -1.29. The largest absolute Gasteiger partial charge is 0.480 e. The Morgan fingerprint density at radius 1 is 0.833 bits per heavy atom. The second kappa shape index (κ2) is 17.3. The van der Waals surface area contributed by atoms with E-state index < -0.39 is 47.9 Å². The lowest BCUT2D eigenvalue weighted by Crippen LogP contribution is -2.57. The van der Waals surface area contributed by atoms with E-state index in [1.807, 2.05) is 56.7 Å². The number of nitrogens with one attached hydrogen (secondary N) is 3. The first kappa shape index (κ1) is 31.8. The molecule has 9 nitrogen and oxygen atoms in total. The summed E-state index contributed by atoms with van der Waals surface area (Å²) in [5.41, 5.74) is 6.87. The van der Waals surface area contributed by atoms with E-state index in [0.717, 1.165) is 5.56 Å². The van der Waals surface area contributed by atoms with Crippen molar-refractivity contribution in [3.05, 3.63) is 35.9 Å². The molecule has 0 saturated carbocycles. The van der Waals surface area contributed by atoms with Gasteiger partial charge in [-0.25, -0.2) is 4.79 Å². The molecule has 36 heavy (non-hydrogen) atoms. The average molecular weight is 541 g/mol. The van der Waals surface area contributed by atoms with Crippen LogP contribution in [0.5, 0.6) is 0 Å². The highest BCUT2D eigenvalue weighted by molar-refractivity contribution is 7.98. The molecule has 1 aromatic rings. The van der Waals surface area contributed by atoms with E-state index in [-0.39, 0.29) is 18.8 Å². The van der Waals surface area contributed by atoms with Gasteiger partial charge < -0.3 is 26.8 Å². The van der Waals surface area contributed by atoms with Gasteiger partial charge in [0.1, 0.15) is 18.1 Å². The van der Waals surface area contributed by atoms with E-state index in [0.29, 0.717) is 24.3 Å². The van der Waals surface area contributed by atoms with Crippen LogP contribution >= 0.6 is 23.5 Å². The molecule has 6 N–H and O–H groups in total. The molecule has 1 aromatic carbocycles. The second-order valence-electron chi connectivity index (χ2n) is 9.01. The third kappa shape index (κ3) is 12.1. The molecule has 0 fully saturated rings. The molecule has 0 aliphatic heterocycles. The van der Waals surface area contributed by atoms with Gasteiger partial charge in [-0.3, -0.25) is 14.4 Å². The number of benzene rings is 1. The first-order valence-corrected chi connectivity index (χ1v) is 14.8. The van der Waals surface area contributed by atoms with E-state index in [1.54, 1.807) is 0 Å². The summed E-state index contributed by atoms with van der Waals surface area (Å²) in [5, 5.41) is 17.5. The van der Waals surface area contributed by atoms with Crippen LogP contribution in [0.25, 0.3) is 0 Å². The molecule has 1 rings (SSSR count). The standard InChI is InChI=1S/C25H40N4O5S2/c1-16(2)14-18(26)22(30)29-21(15-17-8-6-5-7-9-17)24(32)27-19(10-12-35-3)23(31)28-20(25(33)34)11-13-36-4/h5-9,16,18-21H,10-15,26H2,1-4H3,(H,27,32)(H,28,31)(H,29,30)(H,33,34). The number of carboxylic acids is 1. The Bertz CT molecular complexity index is 841. The summed E-state index contributed by atoms with van der Waals surface area (Å²) in [6, 6.07) is 5.53. The first-order chi connectivity index (χ1) is 17.1. The summed E-state index contributed by atoms with van der Waals surface area (Å²) < 4.78 is 0. The van der Waals surface area contributed by atoms with Crippen molar-refractivity contribution in [1.82, 2.24) is 16.0 Å². The zero-order valence-corrected chi connectivity index (χ0v) is 23.1. The number of carbonyl (C=O) groups excluding carboxylic acids is 3. The van der Waals surface area contributed by atoms with Gasteiger partial charge in [0.2, 0.25) is 17.7 Å². The fourth-order valence-electron chi connectivity index (χ4n) is 3.49. The van der Waals surface area contributed by atoms with Crippen LogP contribution in [0.3, 0.4) is 0 Å². The number of carboxylic acid groups (broad SMARTS) is 1. The van der Waals surface area contributed by atoms with Gasteiger partial charge in [-0.2, -0.15) is 23.5 Å². The number of thioether (sulfide) groups is 2. The molecule has 11 heteroatoms. The highest BCUT2D eigenvalue weighted by Gasteiger charge is 2.30. The van der Waals surface area contributed by atoms with Gasteiger partial charge >= 0.3 is 5.97 Å². The van der Waals surface area contributed by atoms with Crippen LogP contribution in [-0.4, -0.2) is 77.0 Å². The van der Waals surface area contributed by atoms with Crippen LogP contribution < -0.4 is 21.7 Å². The smallest absolute Gasteiger partial charge is 0.326 e. The Labute approximate surface area is 222 Å². The van der Waals surface area contributed by atoms with Crippen molar-refractivity contribution < 1.29 is 24.3 Å². The van der Waals surface area contributed by atoms with E-state index in [9.17, 15) is 24.3 Å². The Morgan fingerprint density at radius 2 is 1.33 bits per heavy atom. The monoisotopic (exact) mass is 540 g/mol. The van der Waals surface area contributed by atoms with Crippen molar-refractivity contribution >= 4 is 47.2 Å². The van der Waals surface area contributed by atoms with Crippen LogP contribution in [0.1, 0.15) is 38.7 Å². The number of hydrogen-bond donors (Lipinski definition) is 5. The molecular weight excluding hydrogens is 500 g/mol. The third-order valence-corrected chi connectivity index (χ3v) is 6.73. The Morgan fingerprint density at radius 3 is 1.86 bits per heavy atom. The van der Waals surface area contributed by atoms with Crippen molar-refractivity contribution in [3.63, 3.8) is 0 Å². The Hall–Kier alpha value is -2.24. The van der Waals surface area contributed by atoms with Gasteiger partial charge in [0.25, 0.3) is 0 Å². The number of hydrogen-bond acceptors (Lipinski definition) is 7. The maximum Gasteiger partial charge on any atom is 0.326 e. The van der Waals surface area contributed by atoms with Crippen LogP contribution in [0.4, 0.5) is 0 Å². The van der Waals surface area contributed by atoms with E-state index >= 15 is 0 Å². The number of carbonyl (C=O) groups is 4. The Kier molecular flexibility index (Phi) is 15.2. The minimum atomic E-state index is -1.12. The molecule has 0 radical (unpaired) electrons. The minimum Gasteiger partial charge on any atom is -0.480 e. The Balaban J connectivity index is 3.05. The lowest BCUT2D eigenvalue weighted by molar-refractivity contribution is -0.142. The van der Waals surface area contributed by atoms with Gasteiger partial charge in [0.15, 0.2) is 0 Å². The first-order valence-electron chi connectivity index (χ1n) is 12.0. The molecule has 202 valence electrons. The quantitative estimate of drug-likeness (QED) is 0.200. The van der Waals surface area contributed by atoms with Crippen molar-refractivity contribution in [1.29, 1.82) is 0 Å². The molecule has 0 aliphatic carbocycles. The van der Waals surface area contributed by atoms with Crippen LogP contribution in [0.2, 0.25) is 0 Å². The van der Waals surface area contributed by atoms with Crippen LogP contribution in [0, 0.1) is 5.92 Å². The van der Waals surface area contributed by atoms with E-state index in [1.165, 1.54) is 23.5 Å². The van der Waals surface area contributed by atoms with E-state index in [2.05, 4.69) is 16.0 Å². The SMILES string of the molecule is CSCCC(NC(=O)C(CCSC)NC(=O)C(Cc1ccccc1)NC(=O)C(N)CC(C)C)C(=O)O. The molecule has 0 saturated heterocycles. The van der Waals surface area contributed by atoms with Crippen molar-refractivity contribution in [3.8, 4) is 0 Å². The fourth-order valence-corrected chi connectivity index (χ4v) is 4.44. The lowest BCUT2D eigenvalue weighted by Gasteiger charge is -2.25. The number of aliphatic carboxylic acids is 1. The van der Waals surface area contributed by atoms with Gasteiger partial charge in [0.05, 0.1) is 6.04 Å². The van der Waals surface area contributed by atoms with Gasteiger partial charge in [-0.1, -0.05) is 44.2 Å². The molecule has 0 spiro atoms. The minimum absolute atomic E-state index is 0.208. The molecule has 0 bridgehead atoms. The van der Waals surface area contributed by atoms with Crippen LogP contribution in [0.15, 0.2) is 30.3 Å². The topological polar surface area (TPSA) is 151 Å². The zero-order chi connectivity index (χ0) is 27.1. The summed E-state index contributed by atoms with van der Waals surface area (Å²) in [7, 11) is 0. The predicted octanol–water partition coefficient (Wildman–Crippen LogP) is 1.65. The molecule has 3 amide bonds. The number of amides is 3. The van der Waals surface area contributed by atoms with E-state index in [4.69, 9.17) is 5.73 Å². The summed E-state index contributed by atoms with van der Waals surface area (Å²) in [6.07, 6.45) is 5.00. The number of rotatable bonds is 17.